The minimum atomic E-state index is -0.126. The van der Waals surface area contributed by atoms with Gasteiger partial charge in [0.25, 0.3) is 5.56 Å². The van der Waals surface area contributed by atoms with Crippen LogP contribution in [0.3, 0.4) is 0 Å². The molecule has 0 saturated carbocycles. The molecule has 1 fully saturated rings. The van der Waals surface area contributed by atoms with Crippen LogP contribution < -0.4 is 5.56 Å². The summed E-state index contributed by atoms with van der Waals surface area (Å²) in [5.41, 5.74) is 2.00. The van der Waals surface area contributed by atoms with E-state index in [1.807, 2.05) is 30.3 Å². The first-order valence-electron chi connectivity index (χ1n) is 7.50. The lowest BCUT2D eigenvalue weighted by atomic mass is 9.91. The monoisotopic (exact) mass is 293 g/mol. The highest BCUT2D eigenvalue weighted by molar-refractivity contribution is 5.23. The molecular formula is C18H19N3O. The van der Waals surface area contributed by atoms with Crippen LogP contribution in [-0.2, 0) is 13.6 Å². The van der Waals surface area contributed by atoms with Gasteiger partial charge >= 0.3 is 0 Å². The van der Waals surface area contributed by atoms with E-state index >= 15 is 0 Å². The van der Waals surface area contributed by atoms with Crippen LogP contribution >= 0.6 is 0 Å². The molecule has 1 aromatic carbocycles. The summed E-state index contributed by atoms with van der Waals surface area (Å²) in [7, 11) is 1.75. The molecule has 2 heterocycles. The summed E-state index contributed by atoms with van der Waals surface area (Å²) in [6.07, 6.45) is 1.75. The number of pyridine rings is 1. The largest absolute Gasteiger partial charge is 0.318 e. The molecule has 1 saturated heterocycles. The third-order valence-electron chi connectivity index (χ3n) is 4.36. The highest BCUT2D eigenvalue weighted by atomic mass is 16.1. The summed E-state index contributed by atoms with van der Waals surface area (Å²) in [4.78, 5) is 14.6. The van der Waals surface area contributed by atoms with E-state index in [-0.39, 0.29) is 17.4 Å². The number of aryl methyl sites for hydroxylation is 1. The predicted octanol–water partition coefficient (Wildman–Crippen LogP) is 2.12. The number of hydrogen-bond donors (Lipinski definition) is 0. The van der Waals surface area contributed by atoms with Crippen LogP contribution in [0.1, 0.15) is 17.0 Å². The van der Waals surface area contributed by atoms with Gasteiger partial charge in [0.05, 0.1) is 12.0 Å². The highest BCUT2D eigenvalue weighted by Gasteiger charge is 2.35. The zero-order valence-electron chi connectivity index (χ0n) is 12.6. The van der Waals surface area contributed by atoms with Gasteiger partial charge in [-0.1, -0.05) is 36.4 Å². The maximum Gasteiger partial charge on any atom is 0.253 e. The molecule has 0 amide bonds. The maximum atomic E-state index is 12.3. The number of nitriles is 1. The molecule has 2 aromatic rings. The topological polar surface area (TPSA) is 49.0 Å². The van der Waals surface area contributed by atoms with Gasteiger partial charge in [-0.2, -0.15) is 5.26 Å². The Morgan fingerprint density at radius 2 is 1.95 bits per heavy atom. The number of aromatic nitrogens is 1. The average Bonchev–Trinajstić information content (AvgIpc) is 2.93. The van der Waals surface area contributed by atoms with Gasteiger partial charge in [-0.05, 0) is 11.6 Å². The summed E-state index contributed by atoms with van der Waals surface area (Å²) in [6.45, 7) is 2.29. The Labute approximate surface area is 130 Å². The van der Waals surface area contributed by atoms with E-state index in [2.05, 4.69) is 23.1 Å². The van der Waals surface area contributed by atoms with Crippen LogP contribution in [0.25, 0.3) is 0 Å². The Kier molecular flexibility index (Phi) is 4.08. The van der Waals surface area contributed by atoms with Crippen molar-refractivity contribution in [1.82, 2.24) is 9.47 Å². The summed E-state index contributed by atoms with van der Waals surface area (Å²) >= 11 is 0. The van der Waals surface area contributed by atoms with Gasteiger partial charge in [0.1, 0.15) is 0 Å². The van der Waals surface area contributed by atoms with E-state index < -0.39 is 0 Å². The second-order valence-corrected chi connectivity index (χ2v) is 5.90. The van der Waals surface area contributed by atoms with Crippen LogP contribution in [0.2, 0.25) is 0 Å². The Balaban J connectivity index is 1.82. The first-order valence-corrected chi connectivity index (χ1v) is 7.50. The van der Waals surface area contributed by atoms with Crippen molar-refractivity contribution < 1.29 is 0 Å². The quantitative estimate of drug-likeness (QED) is 0.871. The van der Waals surface area contributed by atoms with Crippen LogP contribution in [0.15, 0.2) is 53.5 Å². The molecule has 4 nitrogen and oxygen atoms in total. The van der Waals surface area contributed by atoms with E-state index in [9.17, 15) is 10.1 Å². The molecule has 0 spiro atoms. The third-order valence-corrected chi connectivity index (χ3v) is 4.36. The second kappa shape index (κ2) is 6.17. The summed E-state index contributed by atoms with van der Waals surface area (Å²) in [5.74, 6) is -0.132. The zero-order chi connectivity index (χ0) is 15.5. The molecule has 0 radical (unpaired) electrons. The van der Waals surface area contributed by atoms with Crippen molar-refractivity contribution in [2.45, 2.75) is 12.5 Å². The van der Waals surface area contributed by atoms with Crippen molar-refractivity contribution in [2.24, 2.45) is 13.0 Å². The minimum absolute atomic E-state index is 0.00591. The van der Waals surface area contributed by atoms with Crippen molar-refractivity contribution in [3.8, 4) is 6.07 Å². The van der Waals surface area contributed by atoms with Gasteiger partial charge in [0.2, 0.25) is 0 Å². The lowest BCUT2D eigenvalue weighted by Gasteiger charge is -2.16. The van der Waals surface area contributed by atoms with Crippen LogP contribution in [0.5, 0.6) is 0 Å². The van der Waals surface area contributed by atoms with Crippen molar-refractivity contribution in [1.29, 1.82) is 5.26 Å². The Morgan fingerprint density at radius 3 is 2.68 bits per heavy atom. The average molecular weight is 293 g/mol. The second-order valence-electron chi connectivity index (χ2n) is 5.90. The molecule has 1 aromatic heterocycles. The normalized spacial score (nSPS) is 21.6. The molecule has 1 aliphatic rings. The first kappa shape index (κ1) is 14.6. The molecule has 0 bridgehead atoms. The number of likely N-dealkylation sites (tertiary alicyclic amines) is 1. The standard InChI is InChI=1S/C18H19N3O/c1-20-9-5-8-16(18(20)22)17-13-21(12-15(17)10-19)11-14-6-3-2-4-7-14/h2-9,15,17H,11-13H2,1H3/t15-,17+/m1/s1. The fourth-order valence-electron chi connectivity index (χ4n) is 3.20. The lowest BCUT2D eigenvalue weighted by Crippen LogP contribution is -2.25. The molecule has 0 N–H and O–H groups in total. The van der Waals surface area contributed by atoms with Gasteiger partial charge in [-0.3, -0.25) is 9.69 Å². The summed E-state index contributed by atoms with van der Waals surface area (Å²) in [5, 5.41) is 9.46. The number of hydrogen-bond acceptors (Lipinski definition) is 3. The van der Waals surface area contributed by atoms with Gasteiger partial charge < -0.3 is 4.57 Å². The van der Waals surface area contributed by atoms with E-state index in [1.54, 1.807) is 17.8 Å². The summed E-state index contributed by atoms with van der Waals surface area (Å²) < 4.78 is 1.59. The van der Waals surface area contributed by atoms with E-state index in [0.29, 0.717) is 6.54 Å². The SMILES string of the molecule is Cn1cccc([C@H]2CN(Cc3ccccc3)C[C@H]2C#N)c1=O. The van der Waals surface area contributed by atoms with E-state index in [1.165, 1.54) is 5.56 Å². The van der Waals surface area contributed by atoms with Crippen molar-refractivity contribution >= 4 is 0 Å². The Bertz CT molecular complexity index is 745. The molecular weight excluding hydrogens is 274 g/mol. The smallest absolute Gasteiger partial charge is 0.253 e. The molecule has 0 aliphatic carbocycles. The van der Waals surface area contributed by atoms with Gasteiger partial charge in [0, 0.05) is 44.4 Å². The predicted molar refractivity (Wildman–Crippen MR) is 85.2 cm³/mol. The third kappa shape index (κ3) is 2.81. The molecule has 2 atom stereocenters. The highest BCUT2D eigenvalue weighted by Crippen LogP contribution is 2.31. The molecule has 112 valence electrons. The van der Waals surface area contributed by atoms with E-state index in [4.69, 9.17) is 0 Å². The van der Waals surface area contributed by atoms with Crippen LogP contribution in [0, 0.1) is 17.2 Å². The van der Waals surface area contributed by atoms with E-state index in [0.717, 1.165) is 18.7 Å². The van der Waals surface area contributed by atoms with Gasteiger partial charge in [-0.15, -0.1) is 0 Å². The molecule has 0 unspecified atom stereocenters. The molecule has 3 rings (SSSR count). The van der Waals surface area contributed by atoms with Crippen LogP contribution in [-0.4, -0.2) is 22.6 Å². The Hall–Kier alpha value is -2.38. The molecule has 22 heavy (non-hydrogen) atoms. The first-order chi connectivity index (χ1) is 10.7. The zero-order valence-corrected chi connectivity index (χ0v) is 12.6. The number of nitrogens with zero attached hydrogens (tertiary/aromatic N) is 3. The molecule has 4 heteroatoms. The van der Waals surface area contributed by atoms with Crippen molar-refractivity contribution in [3.63, 3.8) is 0 Å². The fourth-order valence-corrected chi connectivity index (χ4v) is 3.20. The molecule has 1 aliphatic heterocycles. The van der Waals surface area contributed by atoms with Crippen LogP contribution in [0.4, 0.5) is 0 Å². The van der Waals surface area contributed by atoms with Gasteiger partial charge in [-0.25, -0.2) is 0 Å². The maximum absolute atomic E-state index is 12.3. The van der Waals surface area contributed by atoms with Crippen molar-refractivity contribution in [3.05, 3.63) is 70.1 Å². The fraction of sp³-hybridized carbons (Fsp3) is 0.333. The summed E-state index contributed by atoms with van der Waals surface area (Å²) in [6, 6.07) is 16.4. The minimum Gasteiger partial charge on any atom is -0.318 e. The lowest BCUT2D eigenvalue weighted by molar-refractivity contribution is 0.322. The number of benzene rings is 1. The number of rotatable bonds is 3. The Morgan fingerprint density at radius 1 is 1.18 bits per heavy atom. The van der Waals surface area contributed by atoms with Gasteiger partial charge in [0.15, 0.2) is 0 Å². The van der Waals surface area contributed by atoms with Crippen molar-refractivity contribution in [2.75, 3.05) is 13.1 Å².